The lowest BCUT2D eigenvalue weighted by Gasteiger charge is -2.10. The van der Waals surface area contributed by atoms with Gasteiger partial charge in [-0.15, -0.1) is 0 Å². The Morgan fingerprint density at radius 3 is 2.89 bits per heavy atom. The fourth-order valence-electron chi connectivity index (χ4n) is 1.53. The van der Waals surface area contributed by atoms with Gasteiger partial charge >= 0.3 is 5.97 Å². The quantitative estimate of drug-likeness (QED) is 0.771. The number of carboxylic acid groups (broad SMARTS) is 1. The summed E-state index contributed by atoms with van der Waals surface area (Å²) in [6.45, 7) is 2.79. The van der Waals surface area contributed by atoms with Gasteiger partial charge in [-0.1, -0.05) is 6.92 Å². The van der Waals surface area contributed by atoms with Crippen LogP contribution in [0.5, 0.6) is 0 Å². The number of rotatable bonds is 7. The summed E-state index contributed by atoms with van der Waals surface area (Å²) in [4.78, 5) is 14.5. The lowest BCUT2D eigenvalue weighted by Crippen LogP contribution is -2.09. The van der Waals surface area contributed by atoms with Crippen molar-refractivity contribution in [2.75, 3.05) is 11.9 Å². The van der Waals surface area contributed by atoms with Gasteiger partial charge < -0.3 is 10.4 Å². The van der Waals surface area contributed by atoms with Crippen molar-refractivity contribution in [1.82, 2.24) is 4.98 Å². The molecular weight excluding hydrogens is 230 g/mol. The number of pyridine rings is 1. The number of hydrogen-bond donors (Lipinski definition) is 2. The summed E-state index contributed by atoms with van der Waals surface area (Å²) in [7, 11) is 0. The minimum Gasteiger partial charge on any atom is -0.481 e. The fourth-order valence-corrected chi connectivity index (χ4v) is 1.53. The van der Waals surface area contributed by atoms with E-state index in [1.54, 1.807) is 12.1 Å². The van der Waals surface area contributed by atoms with Gasteiger partial charge in [0.2, 0.25) is 0 Å². The van der Waals surface area contributed by atoms with Crippen LogP contribution in [0.4, 0.5) is 5.82 Å². The van der Waals surface area contributed by atoms with Gasteiger partial charge in [0.1, 0.15) is 11.9 Å². The Morgan fingerprint density at radius 1 is 1.56 bits per heavy atom. The molecule has 5 nitrogen and oxygen atoms in total. The number of carbonyl (C=O) groups is 1. The first-order chi connectivity index (χ1) is 8.61. The molecule has 0 bridgehead atoms. The minimum atomic E-state index is -0.747. The molecule has 0 aliphatic heterocycles. The standard InChI is InChI=1S/C13H17N3O2/c1-10(2-5-13(17)18)6-7-15-12-4-3-11(8-14)9-16-12/h3-4,9-10H,2,5-7H2,1H3,(H,15,16)(H,17,18). The maximum absolute atomic E-state index is 10.4. The first-order valence-electron chi connectivity index (χ1n) is 5.93. The van der Waals surface area contributed by atoms with Gasteiger partial charge in [0.15, 0.2) is 0 Å². The number of carboxylic acids is 1. The van der Waals surface area contributed by atoms with Crippen molar-refractivity contribution in [3.63, 3.8) is 0 Å². The van der Waals surface area contributed by atoms with Crippen LogP contribution in [0.3, 0.4) is 0 Å². The highest BCUT2D eigenvalue weighted by Crippen LogP contribution is 2.11. The number of aromatic nitrogens is 1. The molecule has 0 amide bonds. The van der Waals surface area contributed by atoms with Crippen molar-refractivity contribution in [3.05, 3.63) is 23.9 Å². The molecular formula is C13H17N3O2. The average molecular weight is 247 g/mol. The molecule has 0 fully saturated rings. The van der Waals surface area contributed by atoms with Gasteiger partial charge in [0.25, 0.3) is 0 Å². The molecule has 1 atom stereocenters. The van der Waals surface area contributed by atoms with Gasteiger partial charge in [0.05, 0.1) is 5.56 Å². The van der Waals surface area contributed by atoms with Crippen LogP contribution in [0, 0.1) is 17.2 Å². The van der Waals surface area contributed by atoms with E-state index in [0.717, 1.165) is 18.8 Å². The van der Waals surface area contributed by atoms with Crippen molar-refractivity contribution in [3.8, 4) is 6.07 Å². The van der Waals surface area contributed by atoms with E-state index in [-0.39, 0.29) is 6.42 Å². The monoisotopic (exact) mass is 247 g/mol. The molecule has 0 saturated carbocycles. The second kappa shape index (κ2) is 7.28. The molecule has 0 radical (unpaired) electrons. The zero-order valence-electron chi connectivity index (χ0n) is 10.4. The molecule has 1 heterocycles. The maximum atomic E-state index is 10.4. The predicted octanol–water partition coefficient (Wildman–Crippen LogP) is 2.26. The summed E-state index contributed by atoms with van der Waals surface area (Å²) in [6, 6.07) is 5.49. The maximum Gasteiger partial charge on any atom is 0.303 e. The third-order valence-corrected chi connectivity index (χ3v) is 2.69. The fraction of sp³-hybridized carbons (Fsp3) is 0.462. The van der Waals surface area contributed by atoms with Crippen LogP contribution in [-0.4, -0.2) is 22.6 Å². The van der Waals surface area contributed by atoms with Crippen molar-refractivity contribution < 1.29 is 9.90 Å². The second-order valence-electron chi connectivity index (χ2n) is 4.30. The summed E-state index contributed by atoms with van der Waals surface area (Å²) in [5.41, 5.74) is 0.537. The Morgan fingerprint density at radius 2 is 2.33 bits per heavy atom. The molecule has 0 aliphatic rings. The van der Waals surface area contributed by atoms with Gasteiger partial charge in [0, 0.05) is 19.2 Å². The predicted molar refractivity (Wildman–Crippen MR) is 68.1 cm³/mol. The molecule has 1 unspecified atom stereocenters. The molecule has 0 spiro atoms. The van der Waals surface area contributed by atoms with E-state index in [2.05, 4.69) is 10.3 Å². The number of anilines is 1. The Bertz CT molecular complexity index is 423. The minimum absolute atomic E-state index is 0.219. The Balaban J connectivity index is 2.24. The summed E-state index contributed by atoms with van der Waals surface area (Å²) >= 11 is 0. The zero-order valence-corrected chi connectivity index (χ0v) is 10.4. The largest absolute Gasteiger partial charge is 0.481 e. The molecule has 0 aromatic carbocycles. The molecule has 5 heteroatoms. The molecule has 1 rings (SSSR count). The van der Waals surface area contributed by atoms with Crippen LogP contribution in [0.25, 0.3) is 0 Å². The molecule has 2 N–H and O–H groups in total. The third-order valence-electron chi connectivity index (χ3n) is 2.69. The van der Waals surface area contributed by atoms with Crippen LogP contribution >= 0.6 is 0 Å². The summed E-state index contributed by atoms with van der Waals surface area (Å²) < 4.78 is 0. The van der Waals surface area contributed by atoms with Gasteiger partial charge in [-0.05, 0) is 30.9 Å². The van der Waals surface area contributed by atoms with Gasteiger partial charge in [-0.2, -0.15) is 5.26 Å². The van der Waals surface area contributed by atoms with Crippen LogP contribution in [0.2, 0.25) is 0 Å². The van der Waals surface area contributed by atoms with Gasteiger partial charge in [-0.3, -0.25) is 4.79 Å². The van der Waals surface area contributed by atoms with E-state index >= 15 is 0 Å². The summed E-state index contributed by atoms with van der Waals surface area (Å²) in [5, 5.41) is 20.3. The van der Waals surface area contributed by atoms with Crippen molar-refractivity contribution in [2.24, 2.45) is 5.92 Å². The van der Waals surface area contributed by atoms with E-state index in [0.29, 0.717) is 17.9 Å². The van der Waals surface area contributed by atoms with E-state index in [4.69, 9.17) is 10.4 Å². The average Bonchev–Trinajstić information content (AvgIpc) is 2.37. The second-order valence-corrected chi connectivity index (χ2v) is 4.30. The normalized spacial score (nSPS) is 11.6. The topological polar surface area (TPSA) is 86.0 Å². The van der Waals surface area contributed by atoms with Crippen LogP contribution in [0.1, 0.15) is 31.7 Å². The van der Waals surface area contributed by atoms with Crippen LogP contribution < -0.4 is 5.32 Å². The number of aliphatic carboxylic acids is 1. The molecule has 18 heavy (non-hydrogen) atoms. The summed E-state index contributed by atoms with van der Waals surface area (Å²) in [5.74, 6) is 0.356. The number of nitriles is 1. The molecule has 1 aromatic rings. The first-order valence-corrected chi connectivity index (χ1v) is 5.93. The smallest absolute Gasteiger partial charge is 0.303 e. The van der Waals surface area contributed by atoms with E-state index in [9.17, 15) is 4.79 Å². The Kier molecular flexibility index (Phi) is 5.65. The van der Waals surface area contributed by atoms with Crippen LogP contribution in [-0.2, 0) is 4.79 Å². The number of nitrogens with zero attached hydrogens (tertiary/aromatic N) is 2. The molecule has 0 aliphatic carbocycles. The van der Waals surface area contributed by atoms with Gasteiger partial charge in [-0.25, -0.2) is 4.98 Å². The SMILES string of the molecule is CC(CCNc1ccc(C#N)cn1)CCC(=O)O. The zero-order chi connectivity index (χ0) is 13.4. The number of hydrogen-bond acceptors (Lipinski definition) is 4. The highest BCUT2D eigenvalue weighted by atomic mass is 16.4. The molecule has 1 aromatic heterocycles. The van der Waals surface area contributed by atoms with E-state index in [1.165, 1.54) is 6.20 Å². The number of nitrogens with one attached hydrogen (secondary N) is 1. The lowest BCUT2D eigenvalue weighted by atomic mass is 10.0. The van der Waals surface area contributed by atoms with E-state index in [1.807, 2.05) is 13.0 Å². The van der Waals surface area contributed by atoms with Crippen molar-refractivity contribution in [1.29, 1.82) is 5.26 Å². The molecule has 0 saturated heterocycles. The lowest BCUT2D eigenvalue weighted by molar-refractivity contribution is -0.137. The highest BCUT2D eigenvalue weighted by molar-refractivity contribution is 5.66. The van der Waals surface area contributed by atoms with E-state index < -0.39 is 5.97 Å². The Hall–Kier alpha value is -2.09. The molecule has 96 valence electrons. The summed E-state index contributed by atoms with van der Waals surface area (Å²) in [6.07, 6.45) is 3.33. The first kappa shape index (κ1) is 14.0. The van der Waals surface area contributed by atoms with Crippen molar-refractivity contribution in [2.45, 2.75) is 26.2 Å². The Labute approximate surface area is 106 Å². The third kappa shape index (κ3) is 5.30. The van der Waals surface area contributed by atoms with Crippen LogP contribution in [0.15, 0.2) is 18.3 Å². The van der Waals surface area contributed by atoms with Crippen molar-refractivity contribution >= 4 is 11.8 Å². The highest BCUT2D eigenvalue weighted by Gasteiger charge is 2.05.